The summed E-state index contributed by atoms with van der Waals surface area (Å²) in [6.45, 7) is 1.77. The number of urea groups is 1. The molecule has 2 amide bonds. The van der Waals surface area contributed by atoms with E-state index in [2.05, 4.69) is 15.2 Å². The van der Waals surface area contributed by atoms with Crippen LogP contribution in [-0.4, -0.2) is 29.9 Å². The Kier molecular flexibility index (Phi) is 6.47. The monoisotopic (exact) mass is 508 g/mol. The maximum absolute atomic E-state index is 15.2. The van der Waals surface area contributed by atoms with E-state index in [-0.39, 0.29) is 11.3 Å². The predicted octanol–water partition coefficient (Wildman–Crippen LogP) is 6.27. The van der Waals surface area contributed by atoms with Crippen LogP contribution in [0.15, 0.2) is 60.8 Å². The first kappa shape index (κ1) is 24.2. The number of nitrogens with one attached hydrogen (secondary N) is 2. The molecule has 0 radical (unpaired) electrons. The number of aromatic nitrogens is 1. The van der Waals surface area contributed by atoms with Crippen LogP contribution in [-0.2, 0) is 0 Å². The lowest BCUT2D eigenvalue weighted by atomic mass is 9.99. The molecular formula is C27H20F4N4O2. The molecule has 1 saturated heterocycles. The molecule has 0 aliphatic carbocycles. The summed E-state index contributed by atoms with van der Waals surface area (Å²) in [5.41, 5.74) is -0.482. The summed E-state index contributed by atoms with van der Waals surface area (Å²) >= 11 is 0. The number of nitrogens with zero attached hydrogens (tertiary/aromatic N) is 2. The Morgan fingerprint density at radius 1 is 0.865 bits per heavy atom. The van der Waals surface area contributed by atoms with E-state index in [4.69, 9.17) is 0 Å². The van der Waals surface area contributed by atoms with Gasteiger partial charge in [-0.2, -0.15) is 0 Å². The fraction of sp³-hybridized carbons (Fsp3) is 0.148. The Morgan fingerprint density at radius 3 is 2.41 bits per heavy atom. The SMILES string of the molecule is O=C(Nc1cccc(F)c1)Nc1cc(F)c(F)c(C(=O)c2ccc3ncc(N4CCCC4)cc3c2)c1F. The van der Waals surface area contributed by atoms with E-state index < -0.39 is 46.3 Å². The van der Waals surface area contributed by atoms with E-state index in [1.54, 1.807) is 6.20 Å². The quantitative estimate of drug-likeness (QED) is 0.189. The molecule has 0 spiro atoms. The fourth-order valence-electron chi connectivity index (χ4n) is 4.30. The van der Waals surface area contributed by atoms with Gasteiger partial charge in [0.1, 0.15) is 5.82 Å². The van der Waals surface area contributed by atoms with Gasteiger partial charge in [0.15, 0.2) is 23.2 Å². The van der Waals surface area contributed by atoms with Gasteiger partial charge in [-0.25, -0.2) is 22.4 Å². The lowest BCUT2D eigenvalue weighted by molar-refractivity contribution is 0.103. The second kappa shape index (κ2) is 9.88. The van der Waals surface area contributed by atoms with Gasteiger partial charge in [0.2, 0.25) is 0 Å². The Balaban J connectivity index is 1.45. The summed E-state index contributed by atoms with van der Waals surface area (Å²) in [4.78, 5) is 31.9. The average Bonchev–Trinajstić information content (AvgIpc) is 3.42. The van der Waals surface area contributed by atoms with Crippen molar-refractivity contribution in [3.05, 3.63) is 95.2 Å². The molecule has 3 aromatic carbocycles. The summed E-state index contributed by atoms with van der Waals surface area (Å²) in [6.07, 6.45) is 3.85. The van der Waals surface area contributed by atoms with Crippen LogP contribution in [0.25, 0.3) is 10.9 Å². The molecule has 6 nitrogen and oxygen atoms in total. The number of amides is 2. The zero-order valence-electron chi connectivity index (χ0n) is 19.3. The number of carbonyl (C=O) groups is 2. The number of hydrogen-bond acceptors (Lipinski definition) is 4. The van der Waals surface area contributed by atoms with Crippen LogP contribution >= 0.6 is 0 Å². The molecule has 2 N–H and O–H groups in total. The van der Waals surface area contributed by atoms with Crippen molar-refractivity contribution in [3.8, 4) is 0 Å². The first-order valence-electron chi connectivity index (χ1n) is 11.5. The molecule has 4 aromatic rings. The number of anilines is 3. The minimum Gasteiger partial charge on any atom is -0.370 e. The van der Waals surface area contributed by atoms with Gasteiger partial charge in [-0.1, -0.05) is 6.07 Å². The maximum atomic E-state index is 15.2. The number of halogens is 4. The Hall–Kier alpha value is -4.47. The molecule has 1 aliphatic heterocycles. The molecule has 0 saturated carbocycles. The molecule has 2 heterocycles. The molecule has 37 heavy (non-hydrogen) atoms. The lowest BCUT2D eigenvalue weighted by Crippen LogP contribution is -2.22. The zero-order chi connectivity index (χ0) is 26.1. The molecule has 10 heteroatoms. The van der Waals surface area contributed by atoms with Crippen molar-refractivity contribution in [3.63, 3.8) is 0 Å². The number of rotatable bonds is 5. The van der Waals surface area contributed by atoms with Crippen LogP contribution < -0.4 is 15.5 Å². The van der Waals surface area contributed by atoms with Crippen LogP contribution in [0.1, 0.15) is 28.8 Å². The topological polar surface area (TPSA) is 74.3 Å². The van der Waals surface area contributed by atoms with E-state index in [0.29, 0.717) is 17.0 Å². The fourth-order valence-corrected chi connectivity index (χ4v) is 4.30. The highest BCUT2D eigenvalue weighted by atomic mass is 19.2. The third kappa shape index (κ3) is 4.95. The van der Waals surface area contributed by atoms with Crippen molar-refractivity contribution in [2.24, 2.45) is 0 Å². The second-order valence-electron chi connectivity index (χ2n) is 8.62. The summed E-state index contributed by atoms with van der Waals surface area (Å²) in [6, 6.07) is 10.4. The van der Waals surface area contributed by atoms with Gasteiger partial charge in [-0.3, -0.25) is 9.78 Å². The Labute approximate surface area is 208 Å². The van der Waals surface area contributed by atoms with E-state index in [9.17, 15) is 22.8 Å². The first-order valence-corrected chi connectivity index (χ1v) is 11.5. The van der Waals surface area contributed by atoms with Crippen molar-refractivity contribution >= 4 is 39.8 Å². The van der Waals surface area contributed by atoms with Crippen molar-refractivity contribution in [2.75, 3.05) is 28.6 Å². The standard InChI is InChI=1S/C27H20F4N4O2/c28-17-4-3-5-18(12-17)33-27(37)34-22-13-20(29)24(30)23(25(22)31)26(36)15-6-7-21-16(10-15)11-19(14-32-21)35-8-1-2-9-35/h3-7,10-14H,1-2,8-9H2,(H2,33,34,37). The normalized spacial score (nSPS) is 13.1. The Morgan fingerprint density at radius 2 is 1.65 bits per heavy atom. The minimum absolute atomic E-state index is 0.0508. The van der Waals surface area contributed by atoms with Crippen LogP contribution in [0, 0.1) is 23.3 Å². The molecule has 188 valence electrons. The molecule has 1 fully saturated rings. The zero-order valence-corrected chi connectivity index (χ0v) is 19.3. The molecular weight excluding hydrogens is 488 g/mol. The number of carbonyl (C=O) groups excluding carboxylic acids is 2. The van der Waals surface area contributed by atoms with Crippen LogP contribution in [0.3, 0.4) is 0 Å². The third-order valence-electron chi connectivity index (χ3n) is 6.11. The summed E-state index contributed by atoms with van der Waals surface area (Å²) in [7, 11) is 0. The number of fused-ring (bicyclic) bond motifs is 1. The minimum atomic E-state index is -1.68. The second-order valence-corrected chi connectivity index (χ2v) is 8.62. The molecule has 0 bridgehead atoms. The van der Waals surface area contributed by atoms with E-state index in [1.165, 1.54) is 30.3 Å². The molecule has 0 unspecified atom stereocenters. The highest BCUT2D eigenvalue weighted by Crippen LogP contribution is 2.29. The average molecular weight is 508 g/mol. The van der Waals surface area contributed by atoms with Crippen LogP contribution in [0.4, 0.5) is 39.4 Å². The van der Waals surface area contributed by atoms with E-state index in [1.807, 2.05) is 11.4 Å². The highest BCUT2D eigenvalue weighted by Gasteiger charge is 2.26. The number of benzene rings is 3. The van der Waals surface area contributed by atoms with Gasteiger partial charge in [0, 0.05) is 35.8 Å². The van der Waals surface area contributed by atoms with Crippen molar-refractivity contribution in [1.29, 1.82) is 0 Å². The van der Waals surface area contributed by atoms with E-state index >= 15 is 4.39 Å². The van der Waals surface area contributed by atoms with Gasteiger partial charge >= 0.3 is 6.03 Å². The first-order chi connectivity index (χ1) is 17.8. The largest absolute Gasteiger partial charge is 0.370 e. The van der Waals surface area contributed by atoms with Gasteiger partial charge in [-0.15, -0.1) is 0 Å². The maximum Gasteiger partial charge on any atom is 0.323 e. The van der Waals surface area contributed by atoms with Gasteiger partial charge in [-0.05, 0) is 55.3 Å². The molecule has 0 atom stereocenters. The summed E-state index contributed by atoms with van der Waals surface area (Å²) in [5.74, 6) is -6.37. The van der Waals surface area contributed by atoms with Gasteiger partial charge in [0.05, 0.1) is 28.7 Å². The smallest absolute Gasteiger partial charge is 0.323 e. The van der Waals surface area contributed by atoms with E-state index in [0.717, 1.165) is 43.8 Å². The predicted molar refractivity (Wildman–Crippen MR) is 132 cm³/mol. The van der Waals surface area contributed by atoms with Crippen LogP contribution in [0.5, 0.6) is 0 Å². The number of ketones is 1. The molecule has 5 rings (SSSR count). The Bertz CT molecular complexity index is 1540. The number of pyridine rings is 1. The number of hydrogen-bond donors (Lipinski definition) is 2. The van der Waals surface area contributed by atoms with Gasteiger partial charge < -0.3 is 15.5 Å². The van der Waals surface area contributed by atoms with Crippen molar-refractivity contribution < 1.29 is 27.2 Å². The third-order valence-corrected chi connectivity index (χ3v) is 6.11. The molecule has 1 aromatic heterocycles. The lowest BCUT2D eigenvalue weighted by Gasteiger charge is -2.17. The van der Waals surface area contributed by atoms with Crippen molar-refractivity contribution in [1.82, 2.24) is 4.98 Å². The van der Waals surface area contributed by atoms with Crippen molar-refractivity contribution in [2.45, 2.75) is 12.8 Å². The summed E-state index contributed by atoms with van der Waals surface area (Å²) < 4.78 is 57.6. The van der Waals surface area contributed by atoms with Gasteiger partial charge in [0.25, 0.3) is 0 Å². The highest BCUT2D eigenvalue weighted by molar-refractivity contribution is 6.12. The van der Waals surface area contributed by atoms with Crippen LogP contribution in [0.2, 0.25) is 0 Å². The molecule has 1 aliphatic rings. The summed E-state index contributed by atoms with van der Waals surface area (Å²) in [5, 5.41) is 4.88.